The normalized spacial score (nSPS) is 15.1. The van der Waals surface area contributed by atoms with Crippen LogP contribution in [-0.4, -0.2) is 11.9 Å². The third-order valence-electron chi connectivity index (χ3n) is 1.73. The smallest absolute Gasteiger partial charge is 0.189 e. The zero-order valence-electron chi connectivity index (χ0n) is 6.21. The number of hydrogen-bond donors (Lipinski definition) is 1. The summed E-state index contributed by atoms with van der Waals surface area (Å²) in [6.07, 6.45) is 0. The van der Waals surface area contributed by atoms with Crippen molar-refractivity contribution in [2.24, 2.45) is 0 Å². The molecule has 12 heavy (non-hydrogen) atoms. The zero-order chi connectivity index (χ0) is 8.55. The van der Waals surface area contributed by atoms with E-state index in [9.17, 15) is 5.11 Å². The van der Waals surface area contributed by atoms with Crippen molar-refractivity contribution in [2.75, 3.05) is 6.79 Å². The fourth-order valence-corrected chi connectivity index (χ4v) is 1.29. The van der Waals surface area contributed by atoms with E-state index in [-0.39, 0.29) is 12.5 Å². The average molecular weight is 187 g/mol. The van der Waals surface area contributed by atoms with Crippen LogP contribution in [0.3, 0.4) is 0 Å². The second kappa shape index (κ2) is 2.84. The molecule has 0 atom stereocenters. The maximum atomic E-state index is 9.45. The number of aromatic hydroxyl groups is 1. The Morgan fingerprint density at radius 3 is 3.08 bits per heavy atom. The molecule has 0 spiro atoms. The fourth-order valence-electron chi connectivity index (χ4n) is 1.11. The largest absolute Gasteiger partial charge is 0.506 e. The first kappa shape index (κ1) is 7.71. The van der Waals surface area contributed by atoms with E-state index in [2.05, 4.69) is 0 Å². The van der Waals surface area contributed by atoms with Crippen molar-refractivity contribution in [3.63, 3.8) is 0 Å². The van der Waals surface area contributed by atoms with Crippen LogP contribution in [0.15, 0.2) is 12.1 Å². The molecular weight excluding hydrogens is 180 g/mol. The van der Waals surface area contributed by atoms with E-state index in [1.165, 1.54) is 0 Å². The zero-order valence-corrected chi connectivity index (χ0v) is 6.97. The predicted octanol–water partition coefficient (Wildman–Crippen LogP) is 1.91. The van der Waals surface area contributed by atoms with Crippen LogP contribution in [0.2, 0.25) is 5.02 Å². The van der Waals surface area contributed by atoms with E-state index in [1.807, 2.05) is 0 Å². The molecule has 0 aromatic heterocycles. The summed E-state index contributed by atoms with van der Waals surface area (Å²) in [7, 11) is 0. The Bertz CT molecular complexity index is 311. The highest BCUT2D eigenvalue weighted by Crippen LogP contribution is 2.36. The van der Waals surface area contributed by atoms with Crippen molar-refractivity contribution in [1.82, 2.24) is 0 Å². The van der Waals surface area contributed by atoms with Crippen LogP contribution in [0.4, 0.5) is 0 Å². The number of rotatable bonds is 0. The molecule has 0 fully saturated rings. The lowest BCUT2D eigenvalue weighted by molar-refractivity contribution is -0.0174. The summed E-state index contributed by atoms with van der Waals surface area (Å²) in [5.74, 6) is 0.692. The van der Waals surface area contributed by atoms with Crippen LogP contribution < -0.4 is 4.74 Å². The number of fused-ring (bicyclic) bond motifs is 1. The third kappa shape index (κ3) is 1.11. The molecule has 0 radical (unpaired) electrons. The highest BCUT2D eigenvalue weighted by atomic mass is 35.5. The molecule has 2 rings (SSSR count). The van der Waals surface area contributed by atoms with Crippen LogP contribution in [0.5, 0.6) is 11.5 Å². The van der Waals surface area contributed by atoms with Crippen molar-refractivity contribution < 1.29 is 14.6 Å². The Kier molecular flexibility index (Phi) is 1.83. The van der Waals surface area contributed by atoms with Gasteiger partial charge in [0.25, 0.3) is 0 Å². The van der Waals surface area contributed by atoms with E-state index in [0.29, 0.717) is 22.9 Å². The summed E-state index contributed by atoms with van der Waals surface area (Å²) >= 11 is 5.68. The second-order valence-corrected chi connectivity index (χ2v) is 2.89. The summed E-state index contributed by atoms with van der Waals surface area (Å²) in [5, 5.41) is 9.77. The van der Waals surface area contributed by atoms with Gasteiger partial charge in [0.2, 0.25) is 0 Å². The maximum Gasteiger partial charge on any atom is 0.189 e. The van der Waals surface area contributed by atoms with E-state index >= 15 is 0 Å². The Hall–Kier alpha value is -0.930. The van der Waals surface area contributed by atoms with Gasteiger partial charge in [0.15, 0.2) is 6.79 Å². The number of hydrogen-bond acceptors (Lipinski definition) is 3. The summed E-state index contributed by atoms with van der Waals surface area (Å²) < 4.78 is 10.1. The number of phenols is 1. The van der Waals surface area contributed by atoms with Crippen LogP contribution in [0, 0.1) is 0 Å². The monoisotopic (exact) mass is 186 g/mol. The molecule has 1 N–H and O–H groups in total. The van der Waals surface area contributed by atoms with E-state index in [4.69, 9.17) is 21.1 Å². The molecule has 1 heterocycles. The molecule has 64 valence electrons. The van der Waals surface area contributed by atoms with Crippen LogP contribution in [-0.2, 0) is 11.3 Å². The standard InChI is InChI=1S/C8H7ClO3/c9-6-1-2-7-5(8(6)10)3-11-4-12-7/h1-2,10H,3-4H2. The fraction of sp³-hybridized carbons (Fsp3) is 0.250. The van der Waals surface area contributed by atoms with Gasteiger partial charge < -0.3 is 14.6 Å². The first-order valence-electron chi connectivity index (χ1n) is 3.50. The summed E-state index contributed by atoms with van der Waals surface area (Å²) in [6.45, 7) is 0.579. The molecule has 0 aliphatic carbocycles. The minimum absolute atomic E-state index is 0.0499. The van der Waals surface area contributed by atoms with Gasteiger partial charge in [0, 0.05) is 0 Å². The highest BCUT2D eigenvalue weighted by Gasteiger charge is 2.16. The lowest BCUT2D eigenvalue weighted by Crippen LogP contribution is -2.11. The van der Waals surface area contributed by atoms with Gasteiger partial charge >= 0.3 is 0 Å². The number of benzene rings is 1. The Labute approximate surface area is 74.5 Å². The predicted molar refractivity (Wildman–Crippen MR) is 43.4 cm³/mol. The van der Waals surface area contributed by atoms with Crippen molar-refractivity contribution in [1.29, 1.82) is 0 Å². The first-order valence-corrected chi connectivity index (χ1v) is 3.87. The van der Waals surface area contributed by atoms with Gasteiger partial charge in [-0.05, 0) is 12.1 Å². The van der Waals surface area contributed by atoms with Gasteiger partial charge in [-0.25, -0.2) is 0 Å². The molecule has 0 saturated heterocycles. The summed E-state index contributed by atoms with van der Waals surface area (Å²) in [5.41, 5.74) is 0.619. The van der Waals surface area contributed by atoms with E-state index in [1.54, 1.807) is 12.1 Å². The number of ether oxygens (including phenoxy) is 2. The molecule has 1 aromatic rings. The molecule has 0 bridgehead atoms. The minimum Gasteiger partial charge on any atom is -0.506 e. The lowest BCUT2D eigenvalue weighted by Gasteiger charge is -2.18. The maximum absolute atomic E-state index is 9.45. The van der Waals surface area contributed by atoms with E-state index < -0.39 is 0 Å². The summed E-state index contributed by atoms with van der Waals surface area (Å²) in [6, 6.07) is 3.32. The minimum atomic E-state index is 0.0499. The molecule has 1 aromatic carbocycles. The summed E-state index contributed by atoms with van der Waals surface area (Å²) in [4.78, 5) is 0. The van der Waals surface area contributed by atoms with Crippen LogP contribution in [0.1, 0.15) is 5.56 Å². The molecule has 1 aliphatic heterocycles. The third-order valence-corrected chi connectivity index (χ3v) is 2.04. The quantitative estimate of drug-likeness (QED) is 0.673. The molecular formula is C8H7ClO3. The first-order chi connectivity index (χ1) is 5.79. The topological polar surface area (TPSA) is 38.7 Å². The Morgan fingerprint density at radius 1 is 1.42 bits per heavy atom. The van der Waals surface area contributed by atoms with Gasteiger partial charge in [0.05, 0.1) is 17.2 Å². The molecule has 0 saturated carbocycles. The van der Waals surface area contributed by atoms with Crippen molar-refractivity contribution in [3.8, 4) is 11.5 Å². The van der Waals surface area contributed by atoms with Gasteiger partial charge in [-0.2, -0.15) is 0 Å². The van der Waals surface area contributed by atoms with Crippen LogP contribution >= 0.6 is 11.6 Å². The molecule has 0 amide bonds. The van der Waals surface area contributed by atoms with E-state index in [0.717, 1.165) is 0 Å². The molecule has 3 nitrogen and oxygen atoms in total. The Morgan fingerprint density at radius 2 is 2.25 bits per heavy atom. The average Bonchev–Trinajstić information content (AvgIpc) is 2.12. The molecule has 4 heteroatoms. The highest BCUT2D eigenvalue weighted by molar-refractivity contribution is 6.32. The van der Waals surface area contributed by atoms with Crippen molar-refractivity contribution in [2.45, 2.75) is 6.61 Å². The van der Waals surface area contributed by atoms with Gasteiger partial charge in [-0.3, -0.25) is 0 Å². The van der Waals surface area contributed by atoms with Crippen molar-refractivity contribution >= 4 is 11.6 Å². The van der Waals surface area contributed by atoms with Gasteiger partial charge in [-0.15, -0.1) is 0 Å². The van der Waals surface area contributed by atoms with Crippen molar-refractivity contribution in [3.05, 3.63) is 22.7 Å². The Balaban J connectivity index is 2.54. The SMILES string of the molecule is Oc1c(Cl)ccc2c1COCO2. The number of halogens is 1. The second-order valence-electron chi connectivity index (χ2n) is 2.48. The van der Waals surface area contributed by atoms with Crippen LogP contribution in [0.25, 0.3) is 0 Å². The molecule has 0 unspecified atom stereocenters. The van der Waals surface area contributed by atoms with Gasteiger partial charge in [-0.1, -0.05) is 11.6 Å². The number of phenolic OH excluding ortho intramolecular Hbond substituents is 1. The van der Waals surface area contributed by atoms with Gasteiger partial charge in [0.1, 0.15) is 11.5 Å². The molecule has 1 aliphatic rings. The lowest BCUT2D eigenvalue weighted by atomic mass is 10.2.